The lowest BCUT2D eigenvalue weighted by molar-refractivity contribution is 0.552. The zero-order valence-corrected chi connectivity index (χ0v) is 11.1. The van der Waals surface area contributed by atoms with E-state index in [1.54, 1.807) is 10.7 Å². The Morgan fingerprint density at radius 3 is 3.29 bits per heavy atom. The van der Waals surface area contributed by atoms with E-state index < -0.39 is 0 Å². The second-order valence-electron chi connectivity index (χ2n) is 4.15. The van der Waals surface area contributed by atoms with E-state index in [0.717, 1.165) is 55.2 Å². The average Bonchev–Trinajstić information content (AvgIpc) is 2.35. The van der Waals surface area contributed by atoms with Crippen LogP contribution in [0.4, 0.5) is 5.69 Å². The van der Waals surface area contributed by atoms with Gasteiger partial charge in [-0.3, -0.25) is 4.79 Å². The number of fused-ring (bicyclic) bond motifs is 1. The van der Waals surface area contributed by atoms with Crippen LogP contribution in [-0.4, -0.2) is 27.8 Å². The molecule has 1 aromatic heterocycles. The Kier molecular flexibility index (Phi) is 4.48. The van der Waals surface area contributed by atoms with Crippen LogP contribution in [0.5, 0.6) is 0 Å². The molecule has 0 amide bonds. The number of hydrogen-bond acceptors (Lipinski definition) is 4. The van der Waals surface area contributed by atoms with E-state index in [-0.39, 0.29) is 5.56 Å². The van der Waals surface area contributed by atoms with Gasteiger partial charge in [-0.1, -0.05) is 6.92 Å². The smallest absolute Gasteiger partial charge is 0.268 e. The van der Waals surface area contributed by atoms with Crippen molar-refractivity contribution in [2.75, 3.05) is 23.4 Å². The molecule has 0 unspecified atom stereocenters. The van der Waals surface area contributed by atoms with Gasteiger partial charge in [0.25, 0.3) is 5.56 Å². The van der Waals surface area contributed by atoms with Crippen LogP contribution in [0.1, 0.15) is 25.5 Å². The third-order valence-electron chi connectivity index (χ3n) is 2.84. The first-order valence-electron chi connectivity index (χ1n) is 6.24. The molecule has 1 N–H and O–H groups in total. The van der Waals surface area contributed by atoms with Crippen molar-refractivity contribution in [2.45, 2.75) is 32.7 Å². The zero-order chi connectivity index (χ0) is 12.1. The minimum absolute atomic E-state index is 0.0136. The number of nitrogens with zero attached hydrogens (tertiary/aromatic N) is 2. The van der Waals surface area contributed by atoms with Gasteiger partial charge in [0.1, 0.15) is 0 Å². The Morgan fingerprint density at radius 2 is 2.47 bits per heavy atom. The van der Waals surface area contributed by atoms with Gasteiger partial charge in [0, 0.05) is 19.2 Å². The summed E-state index contributed by atoms with van der Waals surface area (Å²) < 4.78 is 1.61. The van der Waals surface area contributed by atoms with Crippen molar-refractivity contribution in [3.8, 4) is 0 Å². The van der Waals surface area contributed by atoms with E-state index in [0.29, 0.717) is 0 Å². The second-order valence-corrected chi connectivity index (χ2v) is 5.54. The Hall–Kier alpha value is -0.970. The summed E-state index contributed by atoms with van der Waals surface area (Å²) in [6, 6.07) is 1.69. The van der Waals surface area contributed by atoms with Crippen LogP contribution in [0.25, 0.3) is 0 Å². The molecule has 0 aromatic carbocycles. The molecule has 1 aliphatic rings. The standard InChI is InChI=1S/C12H19N3OS/c1-2-17-8-4-7-15-12(16)9-11-10(14-15)5-3-6-13-11/h9,13H,2-8H2,1H3. The fourth-order valence-electron chi connectivity index (χ4n) is 1.97. The van der Waals surface area contributed by atoms with Crippen molar-refractivity contribution in [3.63, 3.8) is 0 Å². The van der Waals surface area contributed by atoms with Crippen LogP contribution in [0.15, 0.2) is 10.9 Å². The highest BCUT2D eigenvalue weighted by atomic mass is 32.2. The van der Waals surface area contributed by atoms with Crippen LogP contribution >= 0.6 is 11.8 Å². The van der Waals surface area contributed by atoms with Gasteiger partial charge in [-0.25, -0.2) is 4.68 Å². The van der Waals surface area contributed by atoms with Crippen molar-refractivity contribution in [3.05, 3.63) is 22.1 Å². The Morgan fingerprint density at radius 1 is 1.59 bits per heavy atom. The Bertz CT molecular complexity index is 430. The lowest BCUT2D eigenvalue weighted by atomic mass is 10.1. The van der Waals surface area contributed by atoms with E-state index in [4.69, 9.17) is 0 Å². The number of thioether (sulfide) groups is 1. The monoisotopic (exact) mass is 253 g/mol. The lowest BCUT2D eigenvalue weighted by Gasteiger charge is -2.17. The summed E-state index contributed by atoms with van der Waals surface area (Å²) in [6.07, 6.45) is 3.09. The van der Waals surface area contributed by atoms with E-state index in [2.05, 4.69) is 17.3 Å². The number of aryl methyl sites for hydroxylation is 2. The summed E-state index contributed by atoms with van der Waals surface area (Å²) in [5.74, 6) is 2.23. The maximum atomic E-state index is 11.8. The molecule has 0 saturated heterocycles. The summed E-state index contributed by atoms with van der Waals surface area (Å²) >= 11 is 1.91. The molecule has 1 aliphatic heterocycles. The van der Waals surface area contributed by atoms with E-state index in [9.17, 15) is 4.79 Å². The summed E-state index contributed by atoms with van der Waals surface area (Å²) in [4.78, 5) is 11.8. The minimum atomic E-state index is 0.0136. The summed E-state index contributed by atoms with van der Waals surface area (Å²) in [6.45, 7) is 3.84. The van der Waals surface area contributed by atoms with Gasteiger partial charge in [-0.15, -0.1) is 0 Å². The van der Waals surface area contributed by atoms with Crippen LogP contribution in [0.2, 0.25) is 0 Å². The second kappa shape index (κ2) is 6.10. The Balaban J connectivity index is 2.04. The molecule has 0 atom stereocenters. The number of nitrogens with one attached hydrogen (secondary N) is 1. The van der Waals surface area contributed by atoms with Crippen molar-refractivity contribution >= 4 is 17.4 Å². The maximum Gasteiger partial charge on any atom is 0.268 e. The van der Waals surface area contributed by atoms with Crippen LogP contribution in [-0.2, 0) is 13.0 Å². The van der Waals surface area contributed by atoms with Crippen molar-refractivity contribution in [1.29, 1.82) is 0 Å². The van der Waals surface area contributed by atoms with Gasteiger partial charge in [0.05, 0.1) is 11.4 Å². The SMILES string of the molecule is CCSCCCn1nc2c(cc1=O)NCCC2. The molecular weight excluding hydrogens is 234 g/mol. The van der Waals surface area contributed by atoms with Gasteiger partial charge in [-0.2, -0.15) is 16.9 Å². The Labute approximate surface area is 106 Å². The fraction of sp³-hybridized carbons (Fsp3) is 0.667. The molecule has 0 aliphatic carbocycles. The van der Waals surface area contributed by atoms with Crippen LogP contribution in [0, 0.1) is 0 Å². The predicted molar refractivity (Wildman–Crippen MR) is 72.9 cm³/mol. The zero-order valence-electron chi connectivity index (χ0n) is 10.2. The largest absolute Gasteiger partial charge is 0.383 e. The highest BCUT2D eigenvalue weighted by molar-refractivity contribution is 7.99. The molecule has 2 heterocycles. The molecule has 5 heteroatoms. The number of hydrogen-bond donors (Lipinski definition) is 1. The van der Waals surface area contributed by atoms with Crippen LogP contribution in [0.3, 0.4) is 0 Å². The predicted octanol–water partition coefficient (Wildman–Crippen LogP) is 1.74. The number of anilines is 1. The quantitative estimate of drug-likeness (QED) is 0.812. The van der Waals surface area contributed by atoms with Gasteiger partial charge < -0.3 is 5.32 Å². The molecule has 0 fully saturated rings. The first-order chi connectivity index (χ1) is 8.31. The molecule has 0 spiro atoms. The van der Waals surface area contributed by atoms with E-state index in [1.807, 2.05) is 11.8 Å². The fourth-order valence-corrected chi connectivity index (χ4v) is 2.59. The highest BCUT2D eigenvalue weighted by Gasteiger charge is 2.12. The average molecular weight is 253 g/mol. The summed E-state index contributed by atoms with van der Waals surface area (Å²) in [5, 5.41) is 7.67. The lowest BCUT2D eigenvalue weighted by Crippen LogP contribution is -2.27. The molecular formula is C12H19N3OS. The molecule has 0 saturated carbocycles. The third-order valence-corrected chi connectivity index (χ3v) is 3.83. The third kappa shape index (κ3) is 3.25. The molecule has 94 valence electrons. The van der Waals surface area contributed by atoms with Gasteiger partial charge in [0.2, 0.25) is 0 Å². The van der Waals surface area contributed by atoms with Crippen molar-refractivity contribution in [2.24, 2.45) is 0 Å². The summed E-state index contributed by atoms with van der Waals surface area (Å²) in [7, 11) is 0. The summed E-state index contributed by atoms with van der Waals surface area (Å²) in [5.41, 5.74) is 1.99. The number of rotatable bonds is 5. The van der Waals surface area contributed by atoms with E-state index >= 15 is 0 Å². The number of aromatic nitrogens is 2. The normalized spacial score (nSPS) is 14.2. The molecule has 0 radical (unpaired) electrons. The van der Waals surface area contributed by atoms with Crippen molar-refractivity contribution in [1.82, 2.24) is 9.78 Å². The van der Waals surface area contributed by atoms with E-state index in [1.165, 1.54) is 0 Å². The first-order valence-corrected chi connectivity index (χ1v) is 7.39. The minimum Gasteiger partial charge on any atom is -0.383 e. The first kappa shape index (κ1) is 12.5. The van der Waals surface area contributed by atoms with Gasteiger partial charge in [0.15, 0.2) is 0 Å². The van der Waals surface area contributed by atoms with Crippen LogP contribution < -0.4 is 10.9 Å². The van der Waals surface area contributed by atoms with Gasteiger partial charge in [-0.05, 0) is 30.8 Å². The molecule has 1 aromatic rings. The molecule has 4 nitrogen and oxygen atoms in total. The maximum absolute atomic E-state index is 11.8. The molecule has 0 bridgehead atoms. The topological polar surface area (TPSA) is 46.9 Å². The van der Waals surface area contributed by atoms with Crippen molar-refractivity contribution < 1.29 is 0 Å². The molecule has 17 heavy (non-hydrogen) atoms. The van der Waals surface area contributed by atoms with Gasteiger partial charge >= 0.3 is 0 Å². The highest BCUT2D eigenvalue weighted by Crippen LogP contribution is 2.16. The molecule has 2 rings (SSSR count).